The minimum absolute atomic E-state index is 0.337. The molecule has 2 aliphatic carbocycles. The monoisotopic (exact) mass is 292 g/mol. The van der Waals surface area contributed by atoms with Crippen molar-refractivity contribution in [1.29, 1.82) is 0 Å². The van der Waals surface area contributed by atoms with Crippen molar-refractivity contribution in [1.82, 2.24) is 0 Å². The molecule has 0 bridgehead atoms. The number of halogens is 1. The Bertz CT molecular complexity index is 470. The smallest absolute Gasteiger partial charge is 0.0818 e. The standard InChI is InChI=1S/C18H25ClO/c1-12-6-7-16(11-17(12)19)18(20)15-9-8-13-4-2-3-5-14(13)10-15/h6-7,11,13-15,18,20H,2-5,8-10H2,1H3. The summed E-state index contributed by atoms with van der Waals surface area (Å²) in [5.74, 6) is 2.22. The van der Waals surface area contributed by atoms with Crippen molar-refractivity contribution in [3.05, 3.63) is 34.3 Å². The van der Waals surface area contributed by atoms with Crippen LogP contribution in [0, 0.1) is 24.7 Å². The van der Waals surface area contributed by atoms with Crippen LogP contribution in [0.5, 0.6) is 0 Å². The first kappa shape index (κ1) is 14.4. The van der Waals surface area contributed by atoms with Crippen molar-refractivity contribution >= 4 is 11.6 Å². The summed E-state index contributed by atoms with van der Waals surface area (Å²) in [6, 6.07) is 6.01. The third kappa shape index (κ3) is 2.89. The van der Waals surface area contributed by atoms with Gasteiger partial charge in [0.25, 0.3) is 0 Å². The molecular weight excluding hydrogens is 268 g/mol. The molecule has 2 fully saturated rings. The fraction of sp³-hybridized carbons (Fsp3) is 0.667. The second kappa shape index (κ2) is 6.07. The normalized spacial score (nSPS) is 31.6. The molecule has 20 heavy (non-hydrogen) atoms. The lowest BCUT2D eigenvalue weighted by molar-refractivity contribution is 0.0349. The van der Waals surface area contributed by atoms with Gasteiger partial charge in [-0.05, 0) is 61.1 Å². The molecule has 4 atom stereocenters. The molecule has 1 aromatic rings. The first-order valence-corrected chi connectivity index (χ1v) is 8.47. The molecule has 2 heteroatoms. The largest absolute Gasteiger partial charge is 0.388 e. The lowest BCUT2D eigenvalue weighted by atomic mass is 9.66. The van der Waals surface area contributed by atoms with Gasteiger partial charge in [-0.1, -0.05) is 49.4 Å². The zero-order valence-corrected chi connectivity index (χ0v) is 13.1. The second-order valence-electron chi connectivity index (χ2n) is 6.83. The molecule has 0 aromatic heterocycles. The fourth-order valence-electron chi connectivity index (χ4n) is 4.26. The van der Waals surface area contributed by atoms with Crippen LogP contribution in [0.1, 0.15) is 62.2 Å². The van der Waals surface area contributed by atoms with Crippen LogP contribution >= 0.6 is 11.6 Å². The number of hydrogen-bond acceptors (Lipinski definition) is 1. The first-order valence-electron chi connectivity index (χ1n) is 8.09. The number of aryl methyl sites for hydroxylation is 1. The van der Waals surface area contributed by atoms with Crippen molar-refractivity contribution in [3.8, 4) is 0 Å². The lowest BCUT2D eigenvalue weighted by Gasteiger charge is -2.40. The maximum absolute atomic E-state index is 10.7. The summed E-state index contributed by atoms with van der Waals surface area (Å²) in [4.78, 5) is 0. The molecule has 1 N–H and O–H groups in total. The SMILES string of the molecule is Cc1ccc(C(O)C2CCC3CCCCC3C2)cc1Cl. The van der Waals surface area contributed by atoms with Gasteiger partial charge in [-0.25, -0.2) is 0 Å². The fourth-order valence-corrected chi connectivity index (χ4v) is 4.45. The Hall–Kier alpha value is -0.530. The summed E-state index contributed by atoms with van der Waals surface area (Å²) < 4.78 is 0. The van der Waals surface area contributed by atoms with E-state index in [1.807, 2.05) is 25.1 Å². The Morgan fingerprint density at radius 3 is 2.60 bits per heavy atom. The van der Waals surface area contributed by atoms with Gasteiger partial charge in [0, 0.05) is 5.02 Å². The molecular formula is C18H25ClO. The minimum atomic E-state index is -0.337. The predicted octanol–water partition coefficient (Wildman–Crippen LogP) is 5.29. The summed E-state index contributed by atoms with van der Waals surface area (Å²) in [6.07, 6.45) is 8.96. The summed E-state index contributed by atoms with van der Waals surface area (Å²) >= 11 is 6.20. The van der Waals surface area contributed by atoms with Gasteiger partial charge < -0.3 is 5.11 Å². The summed E-state index contributed by atoms with van der Waals surface area (Å²) in [5, 5.41) is 11.5. The van der Waals surface area contributed by atoms with Crippen molar-refractivity contribution in [2.45, 2.75) is 58.0 Å². The highest BCUT2D eigenvalue weighted by Crippen LogP contribution is 2.46. The second-order valence-corrected chi connectivity index (χ2v) is 7.24. The maximum atomic E-state index is 10.7. The Balaban J connectivity index is 1.70. The van der Waals surface area contributed by atoms with E-state index in [2.05, 4.69) is 0 Å². The highest BCUT2D eigenvalue weighted by atomic mass is 35.5. The Morgan fingerprint density at radius 2 is 1.85 bits per heavy atom. The Labute approximate surface area is 127 Å². The molecule has 0 amide bonds. The van der Waals surface area contributed by atoms with E-state index >= 15 is 0 Å². The molecule has 2 aliphatic rings. The van der Waals surface area contributed by atoms with Crippen molar-refractivity contribution in [3.63, 3.8) is 0 Å². The van der Waals surface area contributed by atoms with Gasteiger partial charge >= 0.3 is 0 Å². The third-order valence-electron chi connectivity index (χ3n) is 5.56. The molecule has 4 unspecified atom stereocenters. The first-order chi connectivity index (χ1) is 9.65. The minimum Gasteiger partial charge on any atom is -0.388 e. The van der Waals surface area contributed by atoms with E-state index in [4.69, 9.17) is 11.6 Å². The van der Waals surface area contributed by atoms with Crippen LogP contribution in [-0.2, 0) is 0 Å². The van der Waals surface area contributed by atoms with Crippen molar-refractivity contribution in [2.75, 3.05) is 0 Å². The van der Waals surface area contributed by atoms with Crippen LogP contribution in [-0.4, -0.2) is 5.11 Å². The van der Waals surface area contributed by atoms with Gasteiger partial charge in [-0.15, -0.1) is 0 Å². The summed E-state index contributed by atoms with van der Waals surface area (Å²) in [6.45, 7) is 2.01. The van der Waals surface area contributed by atoms with Crippen molar-refractivity contribution < 1.29 is 5.11 Å². The van der Waals surface area contributed by atoms with E-state index in [-0.39, 0.29) is 6.10 Å². The van der Waals surface area contributed by atoms with Gasteiger partial charge in [0.2, 0.25) is 0 Å². The number of fused-ring (bicyclic) bond motifs is 1. The molecule has 3 rings (SSSR count). The molecule has 110 valence electrons. The average Bonchev–Trinajstić information content (AvgIpc) is 2.49. The zero-order valence-electron chi connectivity index (χ0n) is 12.3. The summed E-state index contributed by atoms with van der Waals surface area (Å²) in [5.41, 5.74) is 2.08. The molecule has 2 saturated carbocycles. The predicted molar refractivity (Wildman–Crippen MR) is 83.9 cm³/mol. The van der Waals surface area contributed by atoms with E-state index in [1.165, 1.54) is 44.9 Å². The third-order valence-corrected chi connectivity index (χ3v) is 5.97. The molecule has 0 radical (unpaired) electrons. The molecule has 0 aliphatic heterocycles. The Morgan fingerprint density at radius 1 is 1.10 bits per heavy atom. The van der Waals surface area contributed by atoms with E-state index in [1.54, 1.807) is 0 Å². The van der Waals surface area contributed by atoms with Crippen LogP contribution in [0.3, 0.4) is 0 Å². The number of hydrogen-bond donors (Lipinski definition) is 1. The van der Waals surface area contributed by atoms with Gasteiger partial charge in [-0.2, -0.15) is 0 Å². The molecule has 1 aromatic carbocycles. The van der Waals surface area contributed by atoms with Crippen LogP contribution in [0.15, 0.2) is 18.2 Å². The van der Waals surface area contributed by atoms with Crippen LogP contribution in [0.2, 0.25) is 5.02 Å². The number of aliphatic hydroxyl groups excluding tert-OH is 1. The molecule has 0 heterocycles. The van der Waals surface area contributed by atoms with E-state index < -0.39 is 0 Å². The van der Waals surface area contributed by atoms with E-state index in [9.17, 15) is 5.11 Å². The molecule has 1 nitrogen and oxygen atoms in total. The lowest BCUT2D eigenvalue weighted by Crippen LogP contribution is -2.30. The highest BCUT2D eigenvalue weighted by molar-refractivity contribution is 6.31. The molecule has 0 spiro atoms. The van der Waals surface area contributed by atoms with Gasteiger partial charge in [-0.3, -0.25) is 0 Å². The Kier molecular flexibility index (Phi) is 4.37. The highest BCUT2D eigenvalue weighted by Gasteiger charge is 2.35. The van der Waals surface area contributed by atoms with E-state index in [0.717, 1.165) is 28.0 Å². The molecule has 0 saturated heterocycles. The average molecular weight is 293 g/mol. The van der Waals surface area contributed by atoms with Gasteiger partial charge in [0.05, 0.1) is 6.10 Å². The van der Waals surface area contributed by atoms with Crippen LogP contribution in [0.4, 0.5) is 0 Å². The van der Waals surface area contributed by atoms with Crippen LogP contribution in [0.25, 0.3) is 0 Å². The number of aliphatic hydroxyl groups is 1. The van der Waals surface area contributed by atoms with Crippen LogP contribution < -0.4 is 0 Å². The van der Waals surface area contributed by atoms with Crippen molar-refractivity contribution in [2.24, 2.45) is 17.8 Å². The maximum Gasteiger partial charge on any atom is 0.0818 e. The zero-order chi connectivity index (χ0) is 14.1. The topological polar surface area (TPSA) is 20.2 Å². The van der Waals surface area contributed by atoms with Gasteiger partial charge in [0.15, 0.2) is 0 Å². The van der Waals surface area contributed by atoms with Gasteiger partial charge in [0.1, 0.15) is 0 Å². The quantitative estimate of drug-likeness (QED) is 0.785. The number of rotatable bonds is 2. The van der Waals surface area contributed by atoms with E-state index in [0.29, 0.717) is 5.92 Å². The number of benzene rings is 1. The summed E-state index contributed by atoms with van der Waals surface area (Å²) in [7, 11) is 0.